The quantitative estimate of drug-likeness (QED) is 0.493. The number of carbonyl (C=O) groups is 2. The molecule has 0 spiro atoms. The molecule has 3 saturated carbocycles. The number of rotatable bonds is 5. The first-order valence-electron chi connectivity index (χ1n) is 15.0. The Morgan fingerprint density at radius 2 is 1.58 bits per heavy atom. The van der Waals surface area contributed by atoms with Crippen molar-refractivity contribution in [3.05, 3.63) is 71.8 Å². The van der Waals surface area contributed by atoms with E-state index in [1.807, 2.05) is 19.2 Å². The Hall–Kier alpha value is -2.62. The first kappa shape index (κ1) is 25.6. The lowest BCUT2D eigenvalue weighted by molar-refractivity contribution is -0.159. The van der Waals surface area contributed by atoms with E-state index < -0.39 is 0 Å². The molecule has 202 valence electrons. The van der Waals surface area contributed by atoms with Gasteiger partial charge in [-0.25, -0.2) is 0 Å². The molecule has 1 saturated heterocycles. The molecule has 4 aliphatic rings. The van der Waals surface area contributed by atoms with Crippen LogP contribution in [0, 0.1) is 34.5 Å². The fourth-order valence-corrected chi connectivity index (χ4v) is 9.64. The second kappa shape index (κ2) is 9.84. The number of nitrogens with one attached hydrogen (secondary N) is 1. The number of benzene rings is 2. The average molecular weight is 513 g/mol. The fourth-order valence-electron chi connectivity index (χ4n) is 9.64. The first-order valence-corrected chi connectivity index (χ1v) is 15.0. The lowest BCUT2D eigenvalue weighted by atomic mass is 9.47. The maximum absolute atomic E-state index is 14.1. The molecule has 4 fully saturated rings. The van der Waals surface area contributed by atoms with Crippen LogP contribution in [0.1, 0.15) is 82.4 Å². The molecule has 0 radical (unpaired) electrons. The van der Waals surface area contributed by atoms with Crippen LogP contribution < -0.4 is 5.32 Å². The van der Waals surface area contributed by atoms with Crippen molar-refractivity contribution in [2.45, 2.75) is 83.7 Å². The molecular formula is C34H44N2O2. The van der Waals surface area contributed by atoms with E-state index in [4.69, 9.17) is 0 Å². The topological polar surface area (TPSA) is 49.4 Å². The number of likely N-dealkylation sites (tertiary alicyclic amines) is 1. The van der Waals surface area contributed by atoms with Gasteiger partial charge in [-0.1, -0.05) is 74.5 Å². The molecule has 1 heterocycles. The van der Waals surface area contributed by atoms with E-state index in [1.54, 1.807) is 0 Å². The minimum absolute atomic E-state index is 0.0187. The summed E-state index contributed by atoms with van der Waals surface area (Å²) in [5.74, 6) is 2.63. The number of hydrogen-bond acceptors (Lipinski definition) is 2. The van der Waals surface area contributed by atoms with Crippen LogP contribution in [0.2, 0.25) is 0 Å². The Morgan fingerprint density at radius 3 is 2.32 bits per heavy atom. The molecule has 1 aliphatic heterocycles. The third-order valence-electron chi connectivity index (χ3n) is 11.7. The molecule has 3 aliphatic carbocycles. The summed E-state index contributed by atoms with van der Waals surface area (Å²) in [7, 11) is 2.03. The summed E-state index contributed by atoms with van der Waals surface area (Å²) < 4.78 is 0. The fraction of sp³-hybridized carbons (Fsp3) is 0.588. The summed E-state index contributed by atoms with van der Waals surface area (Å²) in [4.78, 5) is 28.6. The Bertz CT molecular complexity index is 1170. The Balaban J connectivity index is 1.21. The van der Waals surface area contributed by atoms with Crippen molar-refractivity contribution >= 4 is 11.8 Å². The minimum atomic E-state index is -0.0187. The molecule has 4 heteroatoms. The highest BCUT2D eigenvalue weighted by Gasteiger charge is 2.62. The van der Waals surface area contributed by atoms with Crippen molar-refractivity contribution in [3.63, 3.8) is 0 Å². The van der Waals surface area contributed by atoms with Crippen LogP contribution in [0.4, 0.5) is 0 Å². The van der Waals surface area contributed by atoms with Gasteiger partial charge in [0.15, 0.2) is 0 Å². The van der Waals surface area contributed by atoms with Gasteiger partial charge >= 0.3 is 0 Å². The first-order chi connectivity index (χ1) is 18.3. The van der Waals surface area contributed by atoms with Crippen molar-refractivity contribution in [1.29, 1.82) is 0 Å². The molecule has 6 rings (SSSR count). The van der Waals surface area contributed by atoms with Gasteiger partial charge in [-0.2, -0.15) is 0 Å². The van der Waals surface area contributed by atoms with Crippen LogP contribution in [0.15, 0.2) is 60.7 Å². The third kappa shape index (κ3) is 4.19. The van der Waals surface area contributed by atoms with E-state index in [1.165, 1.54) is 30.4 Å². The maximum atomic E-state index is 14.1. The molecule has 2 aromatic carbocycles. The van der Waals surface area contributed by atoms with Crippen molar-refractivity contribution in [2.75, 3.05) is 7.05 Å². The van der Waals surface area contributed by atoms with Crippen LogP contribution in [0.25, 0.3) is 0 Å². The lowest BCUT2D eigenvalue weighted by Gasteiger charge is -2.61. The average Bonchev–Trinajstić information content (AvgIpc) is 3.29. The van der Waals surface area contributed by atoms with Gasteiger partial charge in [0.05, 0.1) is 6.04 Å². The van der Waals surface area contributed by atoms with Crippen LogP contribution >= 0.6 is 0 Å². The van der Waals surface area contributed by atoms with Crippen LogP contribution in [-0.4, -0.2) is 29.8 Å². The van der Waals surface area contributed by atoms with Gasteiger partial charge in [0.2, 0.25) is 11.8 Å². The molecule has 0 aromatic heterocycles. The Kier molecular flexibility index (Phi) is 6.64. The highest BCUT2D eigenvalue weighted by molar-refractivity contribution is 5.80. The molecule has 2 unspecified atom stereocenters. The Labute approximate surface area is 228 Å². The zero-order chi connectivity index (χ0) is 26.5. The van der Waals surface area contributed by atoms with Gasteiger partial charge in [-0.3, -0.25) is 9.59 Å². The third-order valence-corrected chi connectivity index (χ3v) is 11.7. The van der Waals surface area contributed by atoms with Crippen molar-refractivity contribution in [3.8, 4) is 0 Å². The predicted octanol–water partition coefficient (Wildman–Crippen LogP) is 6.57. The minimum Gasteiger partial charge on any atom is -0.349 e. The molecular weight excluding hydrogens is 468 g/mol. The highest BCUT2D eigenvalue weighted by Crippen LogP contribution is 2.66. The molecule has 38 heavy (non-hydrogen) atoms. The SMILES string of the molecule is CN1C(=O)CC[C@@]2(C)C1CC[C@@H]1[C@H]2CC[C@]2(C)C(C(=O)N[C@@H](Cc3ccccc3)c3ccccc3)CC[C@@H]12. The second-order valence-electron chi connectivity index (χ2n) is 13.3. The summed E-state index contributed by atoms with van der Waals surface area (Å²) in [6.07, 6.45) is 9.36. The number of hydrogen-bond donors (Lipinski definition) is 1. The van der Waals surface area contributed by atoms with Gasteiger partial charge < -0.3 is 10.2 Å². The summed E-state index contributed by atoms with van der Waals surface area (Å²) in [5.41, 5.74) is 2.72. The van der Waals surface area contributed by atoms with Crippen LogP contribution in [0.3, 0.4) is 0 Å². The molecule has 2 amide bonds. The zero-order valence-corrected chi connectivity index (χ0v) is 23.4. The van der Waals surface area contributed by atoms with Crippen LogP contribution in [-0.2, 0) is 16.0 Å². The van der Waals surface area contributed by atoms with E-state index in [9.17, 15) is 9.59 Å². The van der Waals surface area contributed by atoms with E-state index in [-0.39, 0.29) is 28.7 Å². The molecule has 2 aromatic rings. The molecule has 1 N–H and O–H groups in total. The maximum Gasteiger partial charge on any atom is 0.224 e. The van der Waals surface area contributed by atoms with E-state index in [0.29, 0.717) is 36.1 Å². The number of piperidine rings is 1. The Morgan fingerprint density at radius 1 is 0.895 bits per heavy atom. The van der Waals surface area contributed by atoms with E-state index >= 15 is 0 Å². The number of nitrogens with zero attached hydrogens (tertiary/aromatic N) is 1. The van der Waals surface area contributed by atoms with Crippen molar-refractivity contribution < 1.29 is 9.59 Å². The number of carbonyl (C=O) groups excluding carboxylic acids is 2. The summed E-state index contributed by atoms with van der Waals surface area (Å²) >= 11 is 0. The summed E-state index contributed by atoms with van der Waals surface area (Å²) in [5, 5.41) is 3.53. The molecule has 4 nitrogen and oxygen atoms in total. The van der Waals surface area contributed by atoms with Gasteiger partial charge in [-0.05, 0) is 91.1 Å². The normalized spacial score (nSPS) is 37.1. The van der Waals surface area contributed by atoms with E-state index in [2.05, 4.69) is 72.6 Å². The number of fused-ring (bicyclic) bond motifs is 5. The van der Waals surface area contributed by atoms with Crippen molar-refractivity contribution in [1.82, 2.24) is 10.2 Å². The smallest absolute Gasteiger partial charge is 0.224 e. The largest absolute Gasteiger partial charge is 0.349 e. The summed E-state index contributed by atoms with van der Waals surface area (Å²) in [6.45, 7) is 4.91. The van der Waals surface area contributed by atoms with Gasteiger partial charge in [0, 0.05) is 25.4 Å². The lowest BCUT2D eigenvalue weighted by Crippen LogP contribution is -2.61. The number of amides is 2. The second-order valence-corrected chi connectivity index (χ2v) is 13.3. The van der Waals surface area contributed by atoms with E-state index in [0.717, 1.165) is 32.1 Å². The predicted molar refractivity (Wildman–Crippen MR) is 151 cm³/mol. The highest BCUT2D eigenvalue weighted by atomic mass is 16.2. The van der Waals surface area contributed by atoms with Crippen molar-refractivity contribution in [2.24, 2.45) is 34.5 Å². The summed E-state index contributed by atoms with van der Waals surface area (Å²) in [6, 6.07) is 21.4. The standard InChI is InChI=1S/C34H44N2O2/c1-33-20-18-27-25(14-17-30-34(27,2)21-19-31(37)36(30)3)26(33)15-16-28(33)32(38)35-29(24-12-8-5-9-13-24)22-23-10-6-4-7-11-23/h4-13,25-30H,14-22H2,1-3H3,(H,35,38)/t25-,26-,27+,28?,29-,30?,33-,34+/m0/s1. The van der Waals surface area contributed by atoms with Gasteiger partial charge in [0.25, 0.3) is 0 Å². The molecule has 0 bridgehead atoms. The molecule has 8 atom stereocenters. The van der Waals surface area contributed by atoms with Gasteiger partial charge in [-0.15, -0.1) is 0 Å². The van der Waals surface area contributed by atoms with Gasteiger partial charge in [0.1, 0.15) is 0 Å². The zero-order valence-electron chi connectivity index (χ0n) is 23.4. The monoisotopic (exact) mass is 512 g/mol. The van der Waals surface area contributed by atoms with Crippen LogP contribution in [0.5, 0.6) is 0 Å².